The summed E-state index contributed by atoms with van der Waals surface area (Å²) in [6, 6.07) is 0. The molecular weight excluding hydrogens is 102 g/mol. The second kappa shape index (κ2) is 4.35. The van der Waals surface area contributed by atoms with Gasteiger partial charge in [-0.05, 0) is 20.0 Å². The first-order chi connectivity index (χ1) is 3.77. The Morgan fingerprint density at radius 3 is 2.62 bits per heavy atom. The van der Waals surface area contributed by atoms with Crippen LogP contribution in [0.1, 0.15) is 0 Å². The predicted molar refractivity (Wildman–Crippen MR) is 32.4 cm³/mol. The Morgan fingerprint density at radius 1 is 1.62 bits per heavy atom. The van der Waals surface area contributed by atoms with Gasteiger partial charge in [-0.3, -0.25) is 9.69 Å². The number of carbonyl (C=O) groups is 1. The first-order valence-corrected chi connectivity index (χ1v) is 2.34. The number of hydrogen-bond acceptors (Lipinski definition) is 2. The van der Waals surface area contributed by atoms with Crippen LogP contribution >= 0.6 is 0 Å². The minimum absolute atomic E-state index is 0.601. The molecule has 2 nitrogen and oxygen atoms in total. The monoisotopic (exact) mass is 111 g/mol. The molecule has 0 bridgehead atoms. The molecule has 0 saturated heterocycles. The maximum atomic E-state index is 9.59. The van der Waals surface area contributed by atoms with Crippen molar-refractivity contribution in [3.8, 4) is 11.8 Å². The van der Waals surface area contributed by atoms with Crippen LogP contribution in [0.25, 0.3) is 0 Å². The van der Waals surface area contributed by atoms with Gasteiger partial charge in [0.2, 0.25) is 0 Å². The summed E-state index contributed by atoms with van der Waals surface area (Å²) in [5.41, 5.74) is 0. The van der Waals surface area contributed by atoms with E-state index in [4.69, 9.17) is 0 Å². The van der Waals surface area contributed by atoms with Gasteiger partial charge in [0, 0.05) is 0 Å². The molecule has 8 heavy (non-hydrogen) atoms. The third kappa shape index (κ3) is 5.19. The van der Waals surface area contributed by atoms with Gasteiger partial charge in [-0.2, -0.15) is 0 Å². The number of aldehydes is 1. The smallest absolute Gasteiger partial charge is 0.192 e. The van der Waals surface area contributed by atoms with Gasteiger partial charge in [-0.1, -0.05) is 5.92 Å². The molecule has 0 N–H and O–H groups in total. The molecule has 0 heterocycles. The Bertz CT molecular complexity index is 118. The number of carbonyl (C=O) groups excluding carboxylic acids is 1. The molecule has 0 aliphatic carbocycles. The molecule has 0 aromatic rings. The van der Waals surface area contributed by atoms with Crippen LogP contribution in [0.4, 0.5) is 0 Å². The van der Waals surface area contributed by atoms with E-state index in [2.05, 4.69) is 11.8 Å². The fraction of sp³-hybridized carbons (Fsp3) is 0.500. The van der Waals surface area contributed by atoms with Crippen LogP contribution in [0.15, 0.2) is 0 Å². The topological polar surface area (TPSA) is 20.3 Å². The molecule has 0 radical (unpaired) electrons. The van der Waals surface area contributed by atoms with Crippen LogP contribution in [0.3, 0.4) is 0 Å². The molecule has 0 atom stereocenters. The molecule has 0 spiro atoms. The van der Waals surface area contributed by atoms with E-state index in [1.807, 2.05) is 19.0 Å². The van der Waals surface area contributed by atoms with Crippen LogP contribution in [0.2, 0.25) is 0 Å². The maximum Gasteiger partial charge on any atom is 0.192 e. The Balaban J connectivity index is 3.28. The predicted octanol–water partition coefficient (Wildman–Crippen LogP) is -0.250. The van der Waals surface area contributed by atoms with Gasteiger partial charge in [0.05, 0.1) is 6.54 Å². The highest BCUT2D eigenvalue weighted by molar-refractivity contribution is 5.72. The molecule has 0 saturated carbocycles. The highest BCUT2D eigenvalue weighted by atomic mass is 16.1. The molecule has 0 rings (SSSR count). The van der Waals surface area contributed by atoms with Crippen molar-refractivity contribution < 1.29 is 4.79 Å². The Kier molecular flexibility index (Phi) is 3.91. The average Bonchev–Trinajstić information content (AvgIpc) is 1.66. The number of hydrogen-bond donors (Lipinski definition) is 0. The van der Waals surface area contributed by atoms with Gasteiger partial charge in [-0.15, -0.1) is 0 Å². The first kappa shape index (κ1) is 7.19. The van der Waals surface area contributed by atoms with Crippen molar-refractivity contribution in [2.45, 2.75) is 0 Å². The van der Waals surface area contributed by atoms with Crippen molar-refractivity contribution in [3.05, 3.63) is 0 Å². The van der Waals surface area contributed by atoms with Gasteiger partial charge in [0.1, 0.15) is 0 Å². The summed E-state index contributed by atoms with van der Waals surface area (Å²) < 4.78 is 0. The SMILES string of the molecule is CN(C)CC#CC=O. The number of nitrogens with zero attached hydrogens (tertiary/aromatic N) is 1. The summed E-state index contributed by atoms with van der Waals surface area (Å²) in [6.07, 6.45) is 0.601. The fourth-order valence-corrected chi connectivity index (χ4v) is 0.245. The Labute approximate surface area is 49.5 Å². The Hall–Kier alpha value is -0.810. The molecule has 0 unspecified atom stereocenters. The second-order valence-corrected chi connectivity index (χ2v) is 1.68. The van der Waals surface area contributed by atoms with Gasteiger partial charge >= 0.3 is 0 Å². The molecule has 0 fully saturated rings. The molecule has 0 aliphatic rings. The quantitative estimate of drug-likeness (QED) is 0.343. The van der Waals surface area contributed by atoms with Crippen molar-refractivity contribution in [2.75, 3.05) is 20.6 Å². The molecule has 0 aromatic carbocycles. The minimum atomic E-state index is 0.601. The van der Waals surface area contributed by atoms with Crippen molar-refractivity contribution >= 4 is 6.29 Å². The van der Waals surface area contributed by atoms with Crippen molar-refractivity contribution in [1.82, 2.24) is 4.90 Å². The lowest BCUT2D eigenvalue weighted by atomic mass is 10.5. The molecule has 0 amide bonds. The Morgan fingerprint density at radius 2 is 2.25 bits per heavy atom. The second-order valence-electron chi connectivity index (χ2n) is 1.68. The fourth-order valence-electron chi connectivity index (χ4n) is 0.245. The van der Waals surface area contributed by atoms with Crippen LogP contribution in [0, 0.1) is 11.8 Å². The maximum absolute atomic E-state index is 9.59. The largest absolute Gasteiger partial charge is 0.299 e. The zero-order chi connectivity index (χ0) is 6.41. The summed E-state index contributed by atoms with van der Waals surface area (Å²) in [6.45, 7) is 0.652. The van der Waals surface area contributed by atoms with E-state index in [0.717, 1.165) is 0 Å². The van der Waals surface area contributed by atoms with Crippen LogP contribution in [-0.2, 0) is 4.79 Å². The van der Waals surface area contributed by atoms with Crippen LogP contribution in [-0.4, -0.2) is 31.8 Å². The summed E-state index contributed by atoms with van der Waals surface area (Å²) in [7, 11) is 3.80. The van der Waals surface area contributed by atoms with Gasteiger partial charge < -0.3 is 0 Å². The van der Waals surface area contributed by atoms with E-state index in [1.165, 1.54) is 0 Å². The number of rotatable bonds is 1. The lowest BCUT2D eigenvalue weighted by molar-refractivity contribution is -0.103. The van der Waals surface area contributed by atoms with E-state index >= 15 is 0 Å². The molecule has 44 valence electrons. The van der Waals surface area contributed by atoms with E-state index in [-0.39, 0.29) is 0 Å². The molecular formula is C6H9NO. The standard InChI is InChI=1S/C6H9NO/c1-7(2)5-3-4-6-8/h6H,5H2,1-2H3. The zero-order valence-electron chi connectivity index (χ0n) is 5.14. The highest BCUT2D eigenvalue weighted by Gasteiger charge is 1.77. The lowest BCUT2D eigenvalue weighted by Gasteiger charge is -1.99. The van der Waals surface area contributed by atoms with E-state index in [0.29, 0.717) is 12.8 Å². The zero-order valence-corrected chi connectivity index (χ0v) is 5.14. The van der Waals surface area contributed by atoms with E-state index in [9.17, 15) is 4.79 Å². The summed E-state index contributed by atoms with van der Waals surface area (Å²) in [5.74, 6) is 4.95. The van der Waals surface area contributed by atoms with Crippen molar-refractivity contribution in [3.63, 3.8) is 0 Å². The van der Waals surface area contributed by atoms with Gasteiger partial charge in [-0.25, -0.2) is 0 Å². The summed E-state index contributed by atoms with van der Waals surface area (Å²) in [5, 5.41) is 0. The molecule has 2 heteroatoms. The van der Waals surface area contributed by atoms with Crippen molar-refractivity contribution in [1.29, 1.82) is 0 Å². The summed E-state index contributed by atoms with van der Waals surface area (Å²) >= 11 is 0. The minimum Gasteiger partial charge on any atom is -0.299 e. The molecule has 0 aliphatic heterocycles. The third-order valence-corrected chi connectivity index (χ3v) is 0.556. The molecule has 0 aromatic heterocycles. The van der Waals surface area contributed by atoms with Gasteiger partial charge in [0.25, 0.3) is 0 Å². The average molecular weight is 111 g/mol. The third-order valence-electron chi connectivity index (χ3n) is 0.556. The van der Waals surface area contributed by atoms with Crippen LogP contribution in [0.5, 0.6) is 0 Å². The van der Waals surface area contributed by atoms with Gasteiger partial charge in [0.15, 0.2) is 6.29 Å². The summed E-state index contributed by atoms with van der Waals surface area (Å²) in [4.78, 5) is 11.5. The van der Waals surface area contributed by atoms with Crippen molar-refractivity contribution in [2.24, 2.45) is 0 Å². The van der Waals surface area contributed by atoms with E-state index < -0.39 is 0 Å². The lowest BCUT2D eigenvalue weighted by Crippen LogP contribution is -2.10. The van der Waals surface area contributed by atoms with E-state index in [1.54, 1.807) is 0 Å². The van der Waals surface area contributed by atoms with Crippen LogP contribution < -0.4 is 0 Å². The first-order valence-electron chi connectivity index (χ1n) is 2.34. The highest BCUT2D eigenvalue weighted by Crippen LogP contribution is 1.66. The normalized spacial score (nSPS) is 7.88.